The molecule has 1 unspecified atom stereocenters. The average molecular weight is 353 g/mol. The number of anilines is 1. The van der Waals surface area contributed by atoms with Gasteiger partial charge in [0, 0.05) is 24.7 Å². The highest BCUT2D eigenvalue weighted by Gasteiger charge is 2.21. The van der Waals surface area contributed by atoms with Gasteiger partial charge in [-0.15, -0.1) is 0 Å². The number of carbonyl (C=O) groups excluding carboxylic acids is 1. The van der Waals surface area contributed by atoms with E-state index < -0.39 is 5.82 Å². The second kappa shape index (κ2) is 7.25. The van der Waals surface area contributed by atoms with Gasteiger partial charge < -0.3 is 15.0 Å². The summed E-state index contributed by atoms with van der Waals surface area (Å²) < 4.78 is 19.6. The van der Waals surface area contributed by atoms with Crippen LogP contribution in [0.2, 0.25) is 0 Å². The number of nitrogens with zero attached hydrogens (tertiary/aromatic N) is 1. The minimum atomic E-state index is -0.455. The van der Waals surface area contributed by atoms with Gasteiger partial charge >= 0.3 is 0 Å². The summed E-state index contributed by atoms with van der Waals surface area (Å²) in [6.07, 6.45) is 2.27. The first-order chi connectivity index (χ1) is 12.7. The molecular weight excluding hydrogens is 333 g/mol. The van der Waals surface area contributed by atoms with E-state index in [1.165, 1.54) is 6.07 Å². The first-order valence-electron chi connectivity index (χ1n) is 8.84. The highest BCUT2D eigenvalue weighted by molar-refractivity contribution is 5.93. The fourth-order valence-corrected chi connectivity index (χ4v) is 3.26. The van der Waals surface area contributed by atoms with Gasteiger partial charge in [-0.25, -0.2) is 9.37 Å². The Bertz CT molecular complexity index is 897. The van der Waals surface area contributed by atoms with Crippen molar-refractivity contribution in [1.82, 2.24) is 9.97 Å². The molecule has 134 valence electrons. The van der Waals surface area contributed by atoms with Crippen molar-refractivity contribution < 1.29 is 13.9 Å². The number of aromatic nitrogens is 2. The predicted octanol–water partition coefficient (Wildman–Crippen LogP) is 4.12. The summed E-state index contributed by atoms with van der Waals surface area (Å²) in [5.74, 6) is -0.115. The van der Waals surface area contributed by atoms with Crippen LogP contribution in [0.25, 0.3) is 22.4 Å². The molecule has 2 heterocycles. The van der Waals surface area contributed by atoms with Crippen molar-refractivity contribution in [2.75, 3.05) is 18.5 Å². The largest absolute Gasteiger partial charge is 0.381 e. The molecule has 4 rings (SSSR count). The van der Waals surface area contributed by atoms with Crippen LogP contribution in [0, 0.1) is 11.7 Å². The smallest absolute Gasteiger partial charge is 0.227 e. The molecule has 26 heavy (non-hydrogen) atoms. The van der Waals surface area contributed by atoms with Crippen molar-refractivity contribution in [2.24, 2.45) is 5.92 Å². The molecule has 1 fully saturated rings. The minimum absolute atomic E-state index is 0.147. The number of halogens is 1. The molecule has 1 aromatic heterocycles. The number of benzene rings is 2. The maximum Gasteiger partial charge on any atom is 0.227 e. The molecule has 1 saturated heterocycles. The van der Waals surface area contributed by atoms with E-state index in [2.05, 4.69) is 15.3 Å². The van der Waals surface area contributed by atoms with Gasteiger partial charge in [0.05, 0.1) is 16.7 Å². The fourth-order valence-electron chi connectivity index (χ4n) is 3.26. The lowest BCUT2D eigenvalue weighted by Crippen LogP contribution is -2.23. The lowest BCUT2D eigenvalue weighted by Gasteiger charge is -2.14. The number of hydrogen-bond acceptors (Lipinski definition) is 3. The monoisotopic (exact) mass is 353 g/mol. The van der Waals surface area contributed by atoms with Crippen LogP contribution in [0.5, 0.6) is 0 Å². The molecule has 5 nitrogen and oxygen atoms in total. The fraction of sp³-hybridized carbons (Fsp3) is 0.300. The van der Waals surface area contributed by atoms with Crippen LogP contribution in [-0.4, -0.2) is 29.1 Å². The van der Waals surface area contributed by atoms with Crippen molar-refractivity contribution in [2.45, 2.75) is 19.3 Å². The van der Waals surface area contributed by atoms with E-state index in [9.17, 15) is 9.18 Å². The van der Waals surface area contributed by atoms with Crippen LogP contribution in [0.3, 0.4) is 0 Å². The number of imidazole rings is 1. The van der Waals surface area contributed by atoms with Gasteiger partial charge in [0.15, 0.2) is 0 Å². The number of hydrogen-bond donors (Lipinski definition) is 2. The van der Waals surface area contributed by atoms with Crippen molar-refractivity contribution in [3.63, 3.8) is 0 Å². The SMILES string of the molecule is O=C(Nc1cc(-c2nc3ccccc3[nH]2)ccc1F)C1CCCOCC1. The van der Waals surface area contributed by atoms with Gasteiger partial charge in [-0.05, 0) is 49.6 Å². The van der Waals surface area contributed by atoms with E-state index >= 15 is 0 Å². The van der Waals surface area contributed by atoms with Crippen LogP contribution >= 0.6 is 0 Å². The summed E-state index contributed by atoms with van der Waals surface area (Å²) >= 11 is 0. The summed E-state index contributed by atoms with van der Waals surface area (Å²) in [7, 11) is 0. The van der Waals surface area contributed by atoms with Crippen molar-refractivity contribution in [1.29, 1.82) is 0 Å². The zero-order valence-corrected chi connectivity index (χ0v) is 14.3. The number of ether oxygens (including phenoxy) is 1. The van der Waals surface area contributed by atoms with Gasteiger partial charge in [-0.2, -0.15) is 0 Å². The van der Waals surface area contributed by atoms with Crippen LogP contribution in [0.4, 0.5) is 10.1 Å². The summed E-state index contributed by atoms with van der Waals surface area (Å²) in [4.78, 5) is 20.3. The zero-order chi connectivity index (χ0) is 17.9. The molecule has 2 aromatic carbocycles. The number of aromatic amines is 1. The van der Waals surface area contributed by atoms with Gasteiger partial charge in [-0.3, -0.25) is 4.79 Å². The standard InChI is InChI=1S/C20H20FN3O2/c21-15-8-7-14(19-22-16-5-1-2-6-17(16)23-19)12-18(15)24-20(25)13-4-3-10-26-11-9-13/h1-2,5-8,12-13H,3-4,9-11H2,(H,22,23)(H,24,25). The van der Waals surface area contributed by atoms with Crippen LogP contribution < -0.4 is 5.32 Å². The summed E-state index contributed by atoms with van der Waals surface area (Å²) in [5, 5.41) is 2.74. The van der Waals surface area contributed by atoms with E-state index in [1.54, 1.807) is 12.1 Å². The highest BCUT2D eigenvalue weighted by atomic mass is 19.1. The third kappa shape index (κ3) is 3.46. The molecule has 6 heteroatoms. The van der Waals surface area contributed by atoms with Crippen molar-refractivity contribution in [3.8, 4) is 11.4 Å². The first-order valence-corrected chi connectivity index (χ1v) is 8.84. The highest BCUT2D eigenvalue weighted by Crippen LogP contribution is 2.26. The third-order valence-corrected chi connectivity index (χ3v) is 4.71. The molecule has 1 aliphatic rings. The normalized spacial score (nSPS) is 17.8. The number of nitrogens with one attached hydrogen (secondary N) is 2. The molecular formula is C20H20FN3O2. The lowest BCUT2D eigenvalue weighted by atomic mass is 9.99. The Morgan fingerprint density at radius 2 is 2.08 bits per heavy atom. The Balaban J connectivity index is 1.58. The van der Waals surface area contributed by atoms with Crippen molar-refractivity contribution >= 4 is 22.6 Å². The Morgan fingerprint density at radius 3 is 2.96 bits per heavy atom. The molecule has 2 N–H and O–H groups in total. The average Bonchev–Trinajstić information content (AvgIpc) is 2.89. The number of rotatable bonds is 3. The van der Waals surface area contributed by atoms with Crippen LogP contribution in [0.1, 0.15) is 19.3 Å². The zero-order valence-electron chi connectivity index (χ0n) is 14.3. The second-order valence-corrected chi connectivity index (χ2v) is 6.53. The van der Waals surface area contributed by atoms with Gasteiger partial charge in [0.1, 0.15) is 11.6 Å². The van der Waals surface area contributed by atoms with Crippen LogP contribution in [-0.2, 0) is 9.53 Å². The summed E-state index contributed by atoms with van der Waals surface area (Å²) in [6, 6.07) is 12.3. The molecule has 0 saturated carbocycles. The number of fused-ring (bicyclic) bond motifs is 1. The van der Waals surface area contributed by atoms with Gasteiger partial charge in [-0.1, -0.05) is 12.1 Å². The molecule has 1 amide bonds. The Kier molecular flexibility index (Phi) is 4.67. The molecule has 0 aliphatic carbocycles. The molecule has 0 bridgehead atoms. The quantitative estimate of drug-likeness (QED) is 0.744. The Labute approximate surface area is 150 Å². The Hall–Kier alpha value is -2.73. The minimum Gasteiger partial charge on any atom is -0.381 e. The number of para-hydroxylation sites is 2. The Morgan fingerprint density at radius 1 is 1.19 bits per heavy atom. The first kappa shape index (κ1) is 16.7. The number of amides is 1. The lowest BCUT2D eigenvalue weighted by molar-refractivity contribution is -0.120. The molecule has 1 aliphatic heterocycles. The summed E-state index contributed by atoms with van der Waals surface area (Å²) in [6.45, 7) is 1.25. The maximum atomic E-state index is 14.2. The molecule has 0 radical (unpaired) electrons. The van der Waals surface area contributed by atoms with Gasteiger partial charge in [0.25, 0.3) is 0 Å². The van der Waals surface area contributed by atoms with Crippen LogP contribution in [0.15, 0.2) is 42.5 Å². The number of H-pyrrole nitrogens is 1. The van der Waals surface area contributed by atoms with E-state index in [4.69, 9.17) is 4.74 Å². The maximum absolute atomic E-state index is 14.2. The van der Waals surface area contributed by atoms with E-state index in [0.717, 1.165) is 29.4 Å². The second-order valence-electron chi connectivity index (χ2n) is 6.53. The third-order valence-electron chi connectivity index (χ3n) is 4.71. The molecule has 3 aromatic rings. The predicted molar refractivity (Wildman–Crippen MR) is 98.3 cm³/mol. The topological polar surface area (TPSA) is 67.0 Å². The summed E-state index contributed by atoms with van der Waals surface area (Å²) in [5.41, 5.74) is 2.66. The van der Waals surface area contributed by atoms with Crippen molar-refractivity contribution in [3.05, 3.63) is 48.3 Å². The van der Waals surface area contributed by atoms with E-state index in [1.807, 2.05) is 24.3 Å². The van der Waals surface area contributed by atoms with E-state index in [-0.39, 0.29) is 17.5 Å². The molecule has 1 atom stereocenters. The van der Waals surface area contributed by atoms with E-state index in [0.29, 0.717) is 25.5 Å². The molecule has 0 spiro atoms. The van der Waals surface area contributed by atoms with Gasteiger partial charge in [0.2, 0.25) is 5.91 Å². The number of carbonyl (C=O) groups is 1.